The van der Waals surface area contributed by atoms with Gasteiger partial charge in [-0.1, -0.05) is 6.08 Å². The number of benzene rings is 2. The van der Waals surface area contributed by atoms with E-state index in [4.69, 9.17) is 9.84 Å². The number of hydrogen-bond acceptors (Lipinski definition) is 13. The second kappa shape index (κ2) is 17.9. The summed E-state index contributed by atoms with van der Waals surface area (Å²) < 4.78 is 148. The average molecular weight is 876 g/mol. The van der Waals surface area contributed by atoms with Gasteiger partial charge < -0.3 is 23.5 Å². The van der Waals surface area contributed by atoms with Crippen molar-refractivity contribution < 1.29 is 76.0 Å². The fourth-order valence-electron chi connectivity index (χ4n) is 7.92. The van der Waals surface area contributed by atoms with Crippen molar-refractivity contribution in [3.05, 3.63) is 71.5 Å². The van der Waals surface area contributed by atoms with E-state index in [1.165, 1.54) is 43.5 Å². The summed E-state index contributed by atoms with van der Waals surface area (Å²) in [4.78, 5) is 11.0. The molecule has 3 atom stereocenters. The standard InChI is InChI=1S/C36H48N2O15S4/c1-35(17-8-22-54(41,42)43)28-24-26(56(47,48)49)13-15-30(28)37(19-6-4-5-12-34(39)40)32(35)10-7-11-33-36(2,18-9-23-55(44,45)46)29-25-27(57(50,51)52)14-16-31(29)38(33)20-21-53-3/h7,10-11,13-16,24-25H,4-6,8-9,12,17-23H2,1-3H3,(H4-,39,40,41,42,43,44,45,46,47,48,49,50,51,52)/p-1. The zero-order chi connectivity index (χ0) is 42.6. The summed E-state index contributed by atoms with van der Waals surface area (Å²) in [7, 11) is -17.4. The number of methoxy groups -OCH3 is 1. The summed E-state index contributed by atoms with van der Waals surface area (Å²) in [6.45, 7) is 4.31. The highest BCUT2D eigenvalue weighted by atomic mass is 32.2. The van der Waals surface area contributed by atoms with E-state index in [1.54, 1.807) is 32.1 Å². The molecule has 21 heteroatoms. The molecule has 2 aromatic rings. The summed E-state index contributed by atoms with van der Waals surface area (Å²) in [5.74, 6) is -2.36. The van der Waals surface area contributed by atoms with Gasteiger partial charge in [0.1, 0.15) is 28.1 Å². The second-order valence-corrected chi connectivity index (χ2v) is 20.5. The quantitative estimate of drug-likeness (QED) is 0.0920. The van der Waals surface area contributed by atoms with Crippen LogP contribution in [0.3, 0.4) is 0 Å². The van der Waals surface area contributed by atoms with Crippen LogP contribution in [0.1, 0.15) is 76.3 Å². The maximum atomic E-state index is 12.2. The van der Waals surface area contributed by atoms with E-state index in [-0.39, 0.29) is 45.3 Å². The molecular formula is C36H47N2O15S4-. The van der Waals surface area contributed by atoms with Crippen molar-refractivity contribution in [2.75, 3.05) is 38.3 Å². The van der Waals surface area contributed by atoms with Crippen LogP contribution in [0.2, 0.25) is 0 Å². The molecular weight excluding hydrogens is 829 g/mol. The van der Waals surface area contributed by atoms with Crippen molar-refractivity contribution in [2.45, 2.75) is 85.8 Å². The van der Waals surface area contributed by atoms with Gasteiger partial charge in [-0.2, -0.15) is 13.0 Å². The molecule has 0 fully saturated rings. The number of ether oxygens (including phenoxy) is 1. The van der Waals surface area contributed by atoms with Crippen molar-refractivity contribution in [1.82, 2.24) is 0 Å². The van der Waals surface area contributed by atoms with Gasteiger partial charge in [0.15, 0.2) is 12.3 Å². The molecule has 2 aliphatic heterocycles. The summed E-state index contributed by atoms with van der Waals surface area (Å²) in [6.07, 6.45) is 6.41. The van der Waals surface area contributed by atoms with Gasteiger partial charge in [0, 0.05) is 54.4 Å². The zero-order valence-electron chi connectivity index (χ0n) is 31.7. The van der Waals surface area contributed by atoms with E-state index in [0.29, 0.717) is 59.7 Å². The van der Waals surface area contributed by atoms with Crippen LogP contribution < -0.4 is 4.90 Å². The topological polar surface area (TPSA) is 280 Å². The van der Waals surface area contributed by atoms with E-state index < -0.39 is 78.6 Å². The molecule has 17 nitrogen and oxygen atoms in total. The van der Waals surface area contributed by atoms with Crippen LogP contribution in [-0.4, -0.2) is 112 Å². The molecule has 2 aliphatic rings. The number of unbranched alkanes of at least 4 members (excludes halogenated alkanes) is 2. The van der Waals surface area contributed by atoms with Crippen molar-refractivity contribution in [3.63, 3.8) is 0 Å². The van der Waals surface area contributed by atoms with Crippen LogP contribution >= 0.6 is 0 Å². The third kappa shape index (κ3) is 11.4. The Morgan fingerprint density at radius 1 is 0.825 bits per heavy atom. The van der Waals surface area contributed by atoms with E-state index >= 15 is 0 Å². The number of nitrogens with one attached hydrogen (secondary N) is 1. The van der Waals surface area contributed by atoms with Gasteiger partial charge in [-0.25, -0.2) is 25.3 Å². The van der Waals surface area contributed by atoms with E-state index in [1.807, 2.05) is 4.58 Å². The number of carbonyl (C=O) groups is 1. The summed E-state index contributed by atoms with van der Waals surface area (Å²) in [5, 5.41) is 9.12. The SMILES string of the molecule is COCC[N+]1=C(/C=C/C=C2/[NH+](CCCCCC(=O)O)c3ccc(S(=O)(=O)[O-])cc3C2(C)CCCS(=O)(=O)[O-])C(C)(CCCS(=O)(=O)[O-])c2cc(S(=O)(=O)O)ccc21. The maximum Gasteiger partial charge on any atom is 0.303 e. The zero-order valence-corrected chi connectivity index (χ0v) is 34.9. The minimum absolute atomic E-state index is 0.0464. The van der Waals surface area contributed by atoms with Crippen LogP contribution in [0.4, 0.5) is 11.4 Å². The predicted octanol–water partition coefficient (Wildman–Crippen LogP) is 2.06. The number of rotatable bonds is 21. The molecule has 0 aromatic heterocycles. The first-order valence-corrected chi connectivity index (χ1v) is 24.0. The third-order valence-electron chi connectivity index (χ3n) is 10.6. The first-order chi connectivity index (χ1) is 26.3. The summed E-state index contributed by atoms with van der Waals surface area (Å²) in [5.41, 5.74) is 0.898. The Labute approximate surface area is 333 Å². The van der Waals surface area contributed by atoms with Crippen molar-refractivity contribution in [1.29, 1.82) is 0 Å². The third-order valence-corrected chi connectivity index (χ3v) is 13.9. The molecule has 0 saturated carbocycles. The minimum Gasteiger partial charge on any atom is -0.748 e. The van der Waals surface area contributed by atoms with Gasteiger partial charge in [-0.05, 0) is 89.1 Å². The lowest BCUT2D eigenvalue weighted by Crippen LogP contribution is -3.04. The molecule has 0 radical (unpaired) electrons. The number of nitrogens with zero attached hydrogens (tertiary/aromatic N) is 1. The molecule has 2 aromatic carbocycles. The van der Waals surface area contributed by atoms with Gasteiger partial charge in [0.25, 0.3) is 10.1 Å². The Kier molecular flexibility index (Phi) is 14.5. The lowest BCUT2D eigenvalue weighted by Gasteiger charge is -2.26. The maximum absolute atomic E-state index is 12.2. The first kappa shape index (κ1) is 46.3. The Bertz CT molecular complexity index is 2410. The monoisotopic (exact) mass is 875 g/mol. The summed E-state index contributed by atoms with van der Waals surface area (Å²) >= 11 is 0. The molecule has 0 bridgehead atoms. The molecule has 57 heavy (non-hydrogen) atoms. The molecule has 4 rings (SSSR count). The lowest BCUT2D eigenvalue weighted by atomic mass is 9.75. The summed E-state index contributed by atoms with van der Waals surface area (Å²) in [6, 6.07) is 7.96. The van der Waals surface area contributed by atoms with Gasteiger partial charge in [-0.3, -0.25) is 14.2 Å². The Hall–Kier alpha value is -3.38. The first-order valence-electron chi connectivity index (χ1n) is 18.0. The normalized spacial score (nSPS) is 22.1. The van der Waals surface area contributed by atoms with Crippen LogP contribution in [0.25, 0.3) is 0 Å². The fourth-order valence-corrected chi connectivity index (χ4v) is 9.92. The molecule has 2 heterocycles. The Morgan fingerprint density at radius 2 is 1.42 bits per heavy atom. The van der Waals surface area contributed by atoms with Crippen LogP contribution in [0.5, 0.6) is 0 Å². The largest absolute Gasteiger partial charge is 0.748 e. The van der Waals surface area contributed by atoms with Crippen molar-refractivity contribution in [2.24, 2.45) is 0 Å². The van der Waals surface area contributed by atoms with E-state index in [2.05, 4.69) is 0 Å². The second-order valence-electron chi connectivity index (χ2n) is 14.6. The van der Waals surface area contributed by atoms with Gasteiger partial charge >= 0.3 is 5.97 Å². The molecule has 0 spiro atoms. The number of quaternary nitrogens is 1. The Balaban J connectivity index is 1.92. The number of aliphatic carboxylic acids is 1. The highest BCUT2D eigenvalue weighted by Gasteiger charge is 2.50. The van der Waals surface area contributed by atoms with Gasteiger partial charge in [0.2, 0.25) is 5.69 Å². The molecule has 3 unspecified atom stereocenters. The molecule has 0 amide bonds. The highest BCUT2D eigenvalue weighted by Crippen LogP contribution is 2.46. The molecule has 0 aliphatic carbocycles. The van der Waals surface area contributed by atoms with Gasteiger partial charge in [0.05, 0.1) is 47.4 Å². The smallest absolute Gasteiger partial charge is 0.303 e. The number of carboxylic acids is 1. The fraction of sp³-hybridized carbons (Fsp3) is 0.500. The van der Waals surface area contributed by atoms with E-state index in [0.717, 1.165) is 4.90 Å². The Morgan fingerprint density at radius 3 is 1.98 bits per heavy atom. The number of carboxylic acid groups (broad SMARTS) is 1. The van der Waals surface area contributed by atoms with Gasteiger partial charge in [-0.15, -0.1) is 0 Å². The molecule has 316 valence electrons. The minimum atomic E-state index is -4.92. The lowest BCUT2D eigenvalue weighted by molar-refractivity contribution is -0.789. The van der Waals surface area contributed by atoms with E-state index in [9.17, 15) is 56.7 Å². The molecule has 0 saturated heterocycles. The number of allylic oxidation sites excluding steroid dienone is 4. The number of fused-ring (bicyclic) bond motifs is 2. The average Bonchev–Trinajstić information content (AvgIpc) is 3.45. The molecule has 3 N–H and O–H groups in total. The van der Waals surface area contributed by atoms with Crippen LogP contribution in [0.15, 0.2) is 70.1 Å². The van der Waals surface area contributed by atoms with Crippen LogP contribution in [0, 0.1) is 0 Å². The predicted molar refractivity (Wildman–Crippen MR) is 203 cm³/mol. The van der Waals surface area contributed by atoms with Crippen molar-refractivity contribution in [3.8, 4) is 0 Å². The highest BCUT2D eigenvalue weighted by molar-refractivity contribution is 7.86. The van der Waals surface area contributed by atoms with Crippen molar-refractivity contribution >= 4 is 63.5 Å². The van der Waals surface area contributed by atoms with Crippen LogP contribution in [-0.2, 0) is 60.8 Å². The number of hydrogen-bond donors (Lipinski definition) is 3.